The Balaban J connectivity index is 2.89. The van der Waals surface area contributed by atoms with Gasteiger partial charge in [-0.3, -0.25) is 0 Å². The number of rotatable bonds is 3. The third-order valence-corrected chi connectivity index (χ3v) is 1.29. The van der Waals surface area contributed by atoms with Gasteiger partial charge in [0.25, 0.3) is 0 Å². The maximum Gasteiger partial charge on any atom is 0.387 e. The lowest BCUT2D eigenvalue weighted by molar-refractivity contribution is -0.0499. The lowest BCUT2D eigenvalue weighted by Crippen LogP contribution is -2.02. The predicted octanol–water partition coefficient (Wildman–Crippen LogP) is 2.73. The Hall–Kier alpha value is -1.38. The molecule has 0 amide bonds. The minimum atomic E-state index is -2.80. The molecular weight excluding hydrogens is 162 g/mol. The molecule has 12 heavy (non-hydrogen) atoms. The highest BCUT2D eigenvalue weighted by molar-refractivity contribution is 5.55. The lowest BCUT2D eigenvalue weighted by atomic mass is 10.2. The van der Waals surface area contributed by atoms with Gasteiger partial charge in [0.15, 0.2) is 0 Å². The molecule has 0 aliphatic rings. The molecule has 1 aromatic carbocycles. The molecule has 0 atom stereocenters. The van der Waals surface area contributed by atoms with Crippen molar-refractivity contribution in [1.29, 1.82) is 0 Å². The maximum absolute atomic E-state index is 11.8. The van der Waals surface area contributed by atoms with Crippen LogP contribution in [0.1, 0.15) is 5.56 Å². The standard InChI is InChI=1S/C9H7F2O/c1-2-7-5-3-4-6-8(7)12-9(10)11/h2,4-6,9H,1H2. The summed E-state index contributed by atoms with van der Waals surface area (Å²) < 4.78 is 27.8. The second-order valence-corrected chi connectivity index (χ2v) is 2.05. The summed E-state index contributed by atoms with van der Waals surface area (Å²) in [6.07, 6.45) is 1.44. The van der Waals surface area contributed by atoms with E-state index in [0.29, 0.717) is 5.56 Å². The van der Waals surface area contributed by atoms with E-state index in [-0.39, 0.29) is 5.75 Å². The number of ether oxygens (including phenoxy) is 1. The Morgan fingerprint density at radius 1 is 1.58 bits per heavy atom. The highest BCUT2D eigenvalue weighted by Gasteiger charge is 2.05. The zero-order valence-electron chi connectivity index (χ0n) is 6.26. The molecule has 0 heterocycles. The molecule has 0 saturated carbocycles. The van der Waals surface area contributed by atoms with E-state index in [4.69, 9.17) is 0 Å². The van der Waals surface area contributed by atoms with Crippen molar-refractivity contribution < 1.29 is 13.5 Å². The third-order valence-electron chi connectivity index (χ3n) is 1.29. The summed E-state index contributed by atoms with van der Waals surface area (Å²) in [7, 11) is 0. The summed E-state index contributed by atoms with van der Waals surface area (Å²) in [5.74, 6) is 0.124. The first-order valence-electron chi connectivity index (χ1n) is 3.31. The van der Waals surface area contributed by atoms with Crippen molar-refractivity contribution in [2.75, 3.05) is 0 Å². The Bertz CT molecular complexity index is 271. The molecule has 0 spiro atoms. The van der Waals surface area contributed by atoms with Gasteiger partial charge in [-0.2, -0.15) is 8.78 Å². The van der Waals surface area contributed by atoms with Crippen molar-refractivity contribution in [3.63, 3.8) is 0 Å². The van der Waals surface area contributed by atoms with Crippen LogP contribution in [0.5, 0.6) is 5.75 Å². The van der Waals surface area contributed by atoms with E-state index in [1.807, 2.05) is 0 Å². The average Bonchev–Trinajstić information content (AvgIpc) is 2.04. The van der Waals surface area contributed by atoms with Gasteiger partial charge in [-0.25, -0.2) is 0 Å². The van der Waals surface area contributed by atoms with Gasteiger partial charge in [0.2, 0.25) is 0 Å². The Morgan fingerprint density at radius 2 is 2.33 bits per heavy atom. The van der Waals surface area contributed by atoms with Gasteiger partial charge in [0.05, 0.1) is 0 Å². The van der Waals surface area contributed by atoms with Gasteiger partial charge in [-0.1, -0.05) is 18.7 Å². The Labute approximate surface area is 69.3 Å². The van der Waals surface area contributed by atoms with Crippen LogP contribution in [-0.4, -0.2) is 6.61 Å². The maximum atomic E-state index is 11.8. The fraction of sp³-hybridized carbons (Fsp3) is 0.111. The molecule has 0 N–H and O–H groups in total. The SMILES string of the molecule is C=Cc1c[c]ccc1OC(F)F. The molecule has 3 heteroatoms. The summed E-state index contributed by atoms with van der Waals surface area (Å²) >= 11 is 0. The predicted molar refractivity (Wildman–Crippen MR) is 42.0 cm³/mol. The van der Waals surface area contributed by atoms with Crippen LogP contribution in [-0.2, 0) is 0 Å². The monoisotopic (exact) mass is 169 g/mol. The van der Waals surface area contributed by atoms with Gasteiger partial charge in [0.1, 0.15) is 5.75 Å². The van der Waals surface area contributed by atoms with Gasteiger partial charge >= 0.3 is 6.61 Å². The first-order valence-corrected chi connectivity index (χ1v) is 3.31. The topological polar surface area (TPSA) is 9.23 Å². The molecule has 0 aromatic heterocycles. The van der Waals surface area contributed by atoms with E-state index in [2.05, 4.69) is 17.4 Å². The number of halogens is 2. The smallest absolute Gasteiger partial charge is 0.387 e. The molecular formula is C9H7F2O. The number of benzene rings is 1. The third kappa shape index (κ3) is 2.05. The van der Waals surface area contributed by atoms with Gasteiger partial charge in [-0.15, -0.1) is 0 Å². The average molecular weight is 169 g/mol. The largest absolute Gasteiger partial charge is 0.434 e. The van der Waals surface area contributed by atoms with Crippen LogP contribution in [0.2, 0.25) is 0 Å². The first kappa shape index (κ1) is 8.71. The fourth-order valence-electron chi connectivity index (χ4n) is 0.792. The van der Waals surface area contributed by atoms with E-state index in [0.717, 1.165) is 0 Å². The zero-order valence-corrected chi connectivity index (χ0v) is 6.26. The minimum Gasteiger partial charge on any atom is -0.434 e. The summed E-state index contributed by atoms with van der Waals surface area (Å²) in [4.78, 5) is 0. The van der Waals surface area contributed by atoms with E-state index >= 15 is 0 Å². The fourth-order valence-corrected chi connectivity index (χ4v) is 0.792. The lowest BCUT2D eigenvalue weighted by Gasteiger charge is -2.06. The molecule has 0 unspecified atom stereocenters. The second-order valence-electron chi connectivity index (χ2n) is 2.05. The number of alkyl halides is 2. The van der Waals surface area contributed by atoms with E-state index in [1.54, 1.807) is 0 Å². The molecule has 0 aliphatic carbocycles. The van der Waals surface area contributed by atoms with E-state index in [1.165, 1.54) is 24.3 Å². The van der Waals surface area contributed by atoms with Gasteiger partial charge < -0.3 is 4.74 Å². The normalized spacial score (nSPS) is 9.92. The molecule has 1 rings (SSSR count). The van der Waals surface area contributed by atoms with Crippen molar-refractivity contribution in [2.45, 2.75) is 6.61 Å². The van der Waals surface area contributed by atoms with Gasteiger partial charge in [-0.05, 0) is 18.2 Å². The van der Waals surface area contributed by atoms with Crippen molar-refractivity contribution in [1.82, 2.24) is 0 Å². The molecule has 1 nitrogen and oxygen atoms in total. The minimum absolute atomic E-state index is 0.124. The second kappa shape index (κ2) is 3.85. The summed E-state index contributed by atoms with van der Waals surface area (Å²) in [6.45, 7) is 0.654. The van der Waals surface area contributed by atoms with E-state index in [9.17, 15) is 8.78 Å². The zero-order chi connectivity index (χ0) is 8.97. The molecule has 0 bridgehead atoms. The van der Waals surface area contributed by atoms with Crippen LogP contribution >= 0.6 is 0 Å². The van der Waals surface area contributed by atoms with Gasteiger partial charge in [0, 0.05) is 5.56 Å². The van der Waals surface area contributed by atoms with Crippen molar-refractivity contribution in [2.24, 2.45) is 0 Å². The van der Waals surface area contributed by atoms with Crippen LogP contribution in [0.25, 0.3) is 6.08 Å². The molecule has 0 aliphatic heterocycles. The molecule has 1 radical (unpaired) electrons. The number of hydrogen-bond acceptors (Lipinski definition) is 1. The van der Waals surface area contributed by atoms with Crippen molar-refractivity contribution >= 4 is 6.08 Å². The first-order chi connectivity index (χ1) is 5.74. The van der Waals surface area contributed by atoms with Crippen molar-refractivity contribution in [3.8, 4) is 5.75 Å². The molecule has 63 valence electrons. The number of hydrogen-bond donors (Lipinski definition) is 0. The highest BCUT2D eigenvalue weighted by Crippen LogP contribution is 2.20. The van der Waals surface area contributed by atoms with E-state index < -0.39 is 6.61 Å². The summed E-state index contributed by atoms with van der Waals surface area (Å²) in [5, 5.41) is 0. The molecule has 1 aromatic rings. The quantitative estimate of drug-likeness (QED) is 0.676. The van der Waals surface area contributed by atoms with Crippen LogP contribution in [0.15, 0.2) is 24.8 Å². The van der Waals surface area contributed by atoms with Crippen LogP contribution in [0, 0.1) is 6.07 Å². The summed E-state index contributed by atoms with van der Waals surface area (Å²) in [6, 6.07) is 7.19. The molecule has 0 saturated heterocycles. The van der Waals surface area contributed by atoms with Crippen molar-refractivity contribution in [3.05, 3.63) is 36.4 Å². The van der Waals surface area contributed by atoms with Crippen LogP contribution in [0.3, 0.4) is 0 Å². The van der Waals surface area contributed by atoms with Crippen LogP contribution < -0.4 is 4.74 Å². The molecule has 0 fully saturated rings. The summed E-state index contributed by atoms with van der Waals surface area (Å²) in [5.41, 5.74) is 0.512. The van der Waals surface area contributed by atoms with Crippen LogP contribution in [0.4, 0.5) is 8.78 Å². The Morgan fingerprint density at radius 3 is 2.92 bits per heavy atom. The Kier molecular flexibility index (Phi) is 2.80. The highest BCUT2D eigenvalue weighted by atomic mass is 19.3.